The zero-order chi connectivity index (χ0) is 29.1. The molecule has 2 aliphatic rings. The molecule has 1 saturated heterocycles. The minimum absolute atomic E-state index is 0.116. The Balaban J connectivity index is 1.08. The van der Waals surface area contributed by atoms with Crippen LogP contribution in [0.1, 0.15) is 36.3 Å². The van der Waals surface area contributed by atoms with Crippen molar-refractivity contribution in [3.63, 3.8) is 0 Å². The van der Waals surface area contributed by atoms with E-state index in [9.17, 15) is 32.5 Å². The number of fused-ring (bicyclic) bond motifs is 1. The Morgan fingerprint density at radius 1 is 1.12 bits per heavy atom. The first kappa shape index (κ1) is 29.3. The molecule has 14 heteroatoms. The minimum atomic E-state index is -4.84. The minimum Gasteiger partial charge on any atom is -0.382 e. The van der Waals surface area contributed by atoms with Gasteiger partial charge < -0.3 is 10.1 Å². The number of nitro benzene ring substituents is 1. The Morgan fingerprint density at radius 2 is 1.85 bits per heavy atom. The summed E-state index contributed by atoms with van der Waals surface area (Å²) < 4.78 is 60.4. The lowest BCUT2D eigenvalue weighted by atomic mass is 9.92. The van der Waals surface area contributed by atoms with Gasteiger partial charge in [-0.3, -0.25) is 24.7 Å². The predicted molar refractivity (Wildman–Crippen MR) is 145 cm³/mol. The third-order valence-corrected chi connectivity index (χ3v) is 8.53. The van der Waals surface area contributed by atoms with E-state index in [0.29, 0.717) is 50.8 Å². The van der Waals surface area contributed by atoms with Crippen molar-refractivity contribution in [3.8, 4) is 0 Å². The molecule has 3 aromatic rings. The van der Waals surface area contributed by atoms with Gasteiger partial charge in [0.1, 0.15) is 16.4 Å². The number of aromatic nitrogens is 1. The highest BCUT2D eigenvalue weighted by Gasteiger charge is 2.38. The fourth-order valence-corrected chi connectivity index (χ4v) is 6.37. The van der Waals surface area contributed by atoms with Gasteiger partial charge in [-0.05, 0) is 49.9 Å². The fraction of sp³-hybridized carbons (Fsp3) is 0.481. The van der Waals surface area contributed by atoms with Gasteiger partial charge in [0.2, 0.25) is 0 Å². The number of nitrogens with zero attached hydrogens (tertiary/aromatic N) is 4. The topological polar surface area (TPSA) is 101 Å². The second-order valence-corrected chi connectivity index (χ2v) is 11.4. The molecule has 1 aromatic heterocycles. The molecule has 1 aliphatic carbocycles. The number of hydrogen-bond acceptors (Lipinski definition) is 9. The molecule has 9 nitrogen and oxygen atoms in total. The summed E-state index contributed by atoms with van der Waals surface area (Å²) in [7, 11) is 0. The van der Waals surface area contributed by atoms with Gasteiger partial charge in [0.05, 0.1) is 27.8 Å². The van der Waals surface area contributed by atoms with Gasteiger partial charge >= 0.3 is 6.18 Å². The van der Waals surface area contributed by atoms with Gasteiger partial charge in [-0.1, -0.05) is 0 Å². The largest absolute Gasteiger partial charge is 0.423 e. The molecule has 2 aromatic carbocycles. The molecule has 1 aliphatic heterocycles. The molecule has 220 valence electrons. The van der Waals surface area contributed by atoms with Crippen LogP contribution in [0, 0.1) is 15.9 Å². The average molecular weight is 596 g/mol. The van der Waals surface area contributed by atoms with Gasteiger partial charge in [-0.15, -0.1) is 11.3 Å². The third kappa shape index (κ3) is 7.18. The fourth-order valence-electron chi connectivity index (χ4n) is 5.38. The van der Waals surface area contributed by atoms with Crippen LogP contribution in [0.4, 0.5) is 28.9 Å². The number of rotatable bonds is 9. The highest BCUT2D eigenvalue weighted by Crippen LogP contribution is 2.38. The summed E-state index contributed by atoms with van der Waals surface area (Å²) in [4.78, 5) is 30.6. The van der Waals surface area contributed by atoms with E-state index in [-0.39, 0.29) is 23.7 Å². The van der Waals surface area contributed by atoms with Crippen LogP contribution in [0.5, 0.6) is 0 Å². The lowest BCUT2D eigenvalue weighted by Crippen LogP contribution is -2.52. The van der Waals surface area contributed by atoms with Crippen molar-refractivity contribution in [2.75, 3.05) is 31.5 Å². The molecule has 1 atom stereocenters. The van der Waals surface area contributed by atoms with E-state index in [1.807, 2.05) is 4.90 Å². The van der Waals surface area contributed by atoms with Gasteiger partial charge in [0, 0.05) is 50.0 Å². The third-order valence-electron chi connectivity index (χ3n) is 7.51. The molecule has 5 rings (SSSR count). The highest BCUT2D eigenvalue weighted by molar-refractivity contribution is 7.18. The number of halogens is 4. The van der Waals surface area contributed by atoms with E-state index in [1.54, 1.807) is 17.4 Å². The number of carbonyl (C=O) groups is 1. The maximum atomic E-state index is 13.5. The number of hydrogen-bond donors (Lipinski definition) is 1. The van der Waals surface area contributed by atoms with Crippen molar-refractivity contribution in [1.29, 1.82) is 0 Å². The number of nitro groups is 1. The Labute approximate surface area is 237 Å². The molecule has 1 N–H and O–H groups in total. The Hall–Kier alpha value is -3.20. The van der Waals surface area contributed by atoms with Crippen LogP contribution in [0.2, 0.25) is 0 Å². The monoisotopic (exact) mass is 595 g/mol. The summed E-state index contributed by atoms with van der Waals surface area (Å²) >= 11 is 1.54. The Morgan fingerprint density at radius 3 is 2.51 bits per heavy atom. The van der Waals surface area contributed by atoms with Gasteiger partial charge in [-0.25, -0.2) is 9.37 Å². The van der Waals surface area contributed by atoms with Gasteiger partial charge in [-0.2, -0.15) is 13.2 Å². The first-order chi connectivity index (χ1) is 19.6. The SMILES string of the molecule is O=CC(OC1CCC(Nc2ccc([N+](=O)[O-])c(C(F)(F)F)c2)CC1)N1CCN(Cc2nc3cc(F)ccc3s2)CC1. The summed E-state index contributed by atoms with van der Waals surface area (Å²) in [6.07, 6.45) is -2.39. The van der Waals surface area contributed by atoms with E-state index in [0.717, 1.165) is 41.2 Å². The summed E-state index contributed by atoms with van der Waals surface area (Å²) in [5, 5.41) is 15.0. The normalized spacial score (nSPS) is 21.6. The Bertz CT molecular complexity index is 1390. The lowest BCUT2D eigenvalue weighted by Gasteiger charge is -2.39. The van der Waals surface area contributed by atoms with Crippen molar-refractivity contribution in [2.45, 2.75) is 56.8 Å². The van der Waals surface area contributed by atoms with Gasteiger partial charge in [0.25, 0.3) is 5.69 Å². The number of thiazole rings is 1. The number of anilines is 1. The maximum Gasteiger partial charge on any atom is 0.423 e. The molecule has 0 amide bonds. The van der Waals surface area contributed by atoms with Crippen molar-refractivity contribution in [2.24, 2.45) is 0 Å². The van der Waals surface area contributed by atoms with Crippen LogP contribution in [0.25, 0.3) is 10.2 Å². The number of ether oxygens (including phenoxy) is 1. The summed E-state index contributed by atoms with van der Waals surface area (Å²) in [5.41, 5.74) is -1.43. The van der Waals surface area contributed by atoms with Gasteiger partial charge in [0.15, 0.2) is 12.5 Å². The van der Waals surface area contributed by atoms with Crippen molar-refractivity contribution >= 4 is 39.2 Å². The van der Waals surface area contributed by atoms with Crippen molar-refractivity contribution in [3.05, 3.63) is 62.9 Å². The molecule has 1 unspecified atom stereocenters. The Kier molecular flexibility index (Phi) is 8.82. The molecule has 41 heavy (non-hydrogen) atoms. The number of nitrogens with one attached hydrogen (secondary N) is 1. The zero-order valence-corrected chi connectivity index (χ0v) is 22.8. The standard InChI is InChI=1S/C27H29F4N5O4S/c28-17-1-8-24-22(13-17)33-25(41-24)15-34-9-11-35(12-10-34)26(16-37)40-20-5-2-18(3-6-20)32-19-4-7-23(36(38)39)21(14-19)27(29,30)31/h1,4,7-8,13-14,16,18,20,26,32H,2-3,5-6,9-12,15H2. The van der Waals surface area contributed by atoms with E-state index < -0.39 is 28.6 Å². The van der Waals surface area contributed by atoms with Crippen LogP contribution >= 0.6 is 11.3 Å². The van der Waals surface area contributed by atoms with Crippen LogP contribution in [0.15, 0.2) is 36.4 Å². The van der Waals surface area contributed by atoms with Crippen LogP contribution in [-0.4, -0.2) is 70.5 Å². The number of alkyl halides is 3. The second kappa shape index (κ2) is 12.3. The molecule has 0 spiro atoms. The molecule has 1 saturated carbocycles. The summed E-state index contributed by atoms with van der Waals surface area (Å²) in [6, 6.07) is 7.41. The summed E-state index contributed by atoms with van der Waals surface area (Å²) in [5.74, 6) is -0.309. The first-order valence-electron chi connectivity index (χ1n) is 13.3. The van der Waals surface area contributed by atoms with Crippen molar-refractivity contribution < 1.29 is 32.0 Å². The quantitative estimate of drug-likeness (QED) is 0.151. The first-order valence-corrected chi connectivity index (χ1v) is 14.1. The molecule has 0 radical (unpaired) electrons. The van der Waals surface area contributed by atoms with Crippen LogP contribution in [-0.2, 0) is 22.3 Å². The smallest absolute Gasteiger partial charge is 0.382 e. The van der Waals surface area contributed by atoms with E-state index in [1.165, 1.54) is 18.2 Å². The van der Waals surface area contributed by atoms with Crippen LogP contribution < -0.4 is 5.32 Å². The van der Waals surface area contributed by atoms with E-state index in [2.05, 4.69) is 15.2 Å². The van der Waals surface area contributed by atoms with Crippen LogP contribution in [0.3, 0.4) is 0 Å². The predicted octanol–water partition coefficient (Wildman–Crippen LogP) is 5.44. The lowest BCUT2D eigenvalue weighted by molar-refractivity contribution is -0.388. The van der Waals surface area contributed by atoms with E-state index >= 15 is 0 Å². The van der Waals surface area contributed by atoms with Crippen molar-refractivity contribution in [1.82, 2.24) is 14.8 Å². The molecule has 0 bridgehead atoms. The average Bonchev–Trinajstić information content (AvgIpc) is 3.34. The molecular weight excluding hydrogens is 566 g/mol. The molecule has 2 heterocycles. The van der Waals surface area contributed by atoms with E-state index in [4.69, 9.17) is 4.74 Å². The molecule has 2 fully saturated rings. The number of carbonyl (C=O) groups excluding carboxylic acids is 1. The number of aldehydes is 1. The summed E-state index contributed by atoms with van der Waals surface area (Å²) in [6.45, 7) is 3.38. The number of benzene rings is 2. The maximum absolute atomic E-state index is 13.5. The second-order valence-electron chi connectivity index (χ2n) is 10.3. The number of piperazine rings is 1. The molecular formula is C27H29F4N5O4S. The highest BCUT2D eigenvalue weighted by atomic mass is 32.1. The zero-order valence-electron chi connectivity index (χ0n) is 22.0.